The van der Waals surface area contributed by atoms with Crippen LogP contribution in [0.1, 0.15) is 51.9 Å². The topological polar surface area (TPSA) is 60.4 Å². The van der Waals surface area contributed by atoms with E-state index in [4.69, 9.17) is 4.74 Å². The minimum atomic E-state index is -0.276. The lowest BCUT2D eigenvalue weighted by molar-refractivity contribution is -0.141. The first-order valence-electron chi connectivity index (χ1n) is 6.64. The number of esters is 1. The van der Waals surface area contributed by atoms with Gasteiger partial charge in [0, 0.05) is 19.3 Å². The molecule has 1 saturated carbocycles. The number of hydrogen-bond acceptors (Lipinski definition) is 4. The number of ketones is 2. The maximum atomic E-state index is 11.9. The van der Waals surface area contributed by atoms with Gasteiger partial charge in [-0.2, -0.15) is 0 Å². The Labute approximate surface area is 106 Å². The number of Topliss-reactive ketones (excluding diaryl/α,β-unsaturated/α-hetero) is 2. The molecule has 0 saturated heterocycles. The molecule has 0 atom stereocenters. The Morgan fingerprint density at radius 3 is 2.61 bits per heavy atom. The quantitative estimate of drug-likeness (QED) is 0.555. The average molecular weight is 250 g/mol. The predicted molar refractivity (Wildman–Crippen MR) is 64.6 cm³/mol. The van der Waals surface area contributed by atoms with Crippen LogP contribution in [0.15, 0.2) is 11.3 Å². The largest absolute Gasteiger partial charge is 0.430 e. The molecule has 4 nitrogen and oxygen atoms in total. The highest BCUT2D eigenvalue weighted by Crippen LogP contribution is 2.33. The van der Waals surface area contributed by atoms with Crippen molar-refractivity contribution in [1.29, 1.82) is 0 Å². The Balaban J connectivity index is 2.18. The molecule has 0 amide bonds. The SMILES string of the molecule is CCCC(=O)C1=C(OC(=O)C2CC2)CCCC1=O. The summed E-state index contributed by atoms with van der Waals surface area (Å²) in [6.07, 6.45) is 4.32. The Morgan fingerprint density at radius 2 is 2.00 bits per heavy atom. The van der Waals surface area contributed by atoms with E-state index in [1.807, 2.05) is 6.92 Å². The Bertz CT molecular complexity index is 416. The monoisotopic (exact) mass is 250 g/mol. The Kier molecular flexibility index (Phi) is 3.94. The Morgan fingerprint density at radius 1 is 1.28 bits per heavy atom. The molecule has 98 valence electrons. The molecule has 0 bridgehead atoms. The van der Waals surface area contributed by atoms with Crippen molar-refractivity contribution in [2.24, 2.45) is 5.92 Å². The van der Waals surface area contributed by atoms with Gasteiger partial charge in [0.2, 0.25) is 0 Å². The van der Waals surface area contributed by atoms with Crippen LogP contribution in [0.2, 0.25) is 0 Å². The van der Waals surface area contributed by atoms with Gasteiger partial charge in [-0.3, -0.25) is 14.4 Å². The third-order valence-corrected chi connectivity index (χ3v) is 3.26. The maximum Gasteiger partial charge on any atom is 0.314 e. The molecule has 4 heteroatoms. The molecule has 2 aliphatic rings. The maximum absolute atomic E-state index is 11.9. The number of rotatable bonds is 5. The van der Waals surface area contributed by atoms with E-state index in [9.17, 15) is 14.4 Å². The molecule has 0 unspecified atom stereocenters. The molecule has 1 fully saturated rings. The van der Waals surface area contributed by atoms with Gasteiger partial charge in [-0.05, 0) is 25.7 Å². The fourth-order valence-corrected chi connectivity index (χ4v) is 2.10. The van der Waals surface area contributed by atoms with E-state index in [1.54, 1.807) is 0 Å². The minimum absolute atomic E-state index is 0.0166. The summed E-state index contributed by atoms with van der Waals surface area (Å²) in [5, 5.41) is 0. The third-order valence-electron chi connectivity index (χ3n) is 3.26. The zero-order chi connectivity index (χ0) is 13.1. The van der Waals surface area contributed by atoms with Crippen LogP contribution in [0.3, 0.4) is 0 Å². The molecule has 0 aromatic carbocycles. The van der Waals surface area contributed by atoms with E-state index < -0.39 is 0 Å². The van der Waals surface area contributed by atoms with E-state index in [1.165, 1.54) is 0 Å². The second-order valence-electron chi connectivity index (χ2n) is 4.94. The highest BCUT2D eigenvalue weighted by molar-refractivity contribution is 6.21. The van der Waals surface area contributed by atoms with Crippen molar-refractivity contribution in [3.63, 3.8) is 0 Å². The number of ether oxygens (including phenoxy) is 1. The van der Waals surface area contributed by atoms with Crippen molar-refractivity contribution >= 4 is 17.5 Å². The zero-order valence-corrected chi connectivity index (χ0v) is 10.7. The third kappa shape index (κ3) is 2.86. The first-order chi connectivity index (χ1) is 8.63. The molecule has 18 heavy (non-hydrogen) atoms. The van der Waals surface area contributed by atoms with Gasteiger partial charge in [0.15, 0.2) is 11.6 Å². The second-order valence-corrected chi connectivity index (χ2v) is 4.94. The van der Waals surface area contributed by atoms with E-state index in [2.05, 4.69) is 0 Å². The van der Waals surface area contributed by atoms with Crippen LogP contribution < -0.4 is 0 Å². The van der Waals surface area contributed by atoms with Crippen molar-refractivity contribution in [2.45, 2.75) is 51.9 Å². The lowest BCUT2D eigenvalue weighted by Crippen LogP contribution is -2.22. The van der Waals surface area contributed by atoms with Crippen molar-refractivity contribution in [2.75, 3.05) is 0 Å². The van der Waals surface area contributed by atoms with Gasteiger partial charge in [0.05, 0.1) is 11.5 Å². The molecule has 0 heterocycles. The summed E-state index contributed by atoms with van der Waals surface area (Å²) in [6.45, 7) is 1.89. The first-order valence-corrected chi connectivity index (χ1v) is 6.64. The summed E-state index contributed by atoms with van der Waals surface area (Å²) in [5.41, 5.74) is 0.150. The van der Waals surface area contributed by atoms with Crippen LogP contribution in [0.5, 0.6) is 0 Å². The van der Waals surface area contributed by atoms with Gasteiger partial charge in [0.1, 0.15) is 5.76 Å². The van der Waals surface area contributed by atoms with Gasteiger partial charge in [0.25, 0.3) is 0 Å². The van der Waals surface area contributed by atoms with E-state index in [-0.39, 0.29) is 29.0 Å². The molecule has 0 N–H and O–H groups in total. The van der Waals surface area contributed by atoms with Crippen molar-refractivity contribution in [3.05, 3.63) is 11.3 Å². The van der Waals surface area contributed by atoms with Crippen LogP contribution in [-0.2, 0) is 19.1 Å². The van der Waals surface area contributed by atoms with Crippen LogP contribution in [0, 0.1) is 5.92 Å². The van der Waals surface area contributed by atoms with Crippen LogP contribution in [-0.4, -0.2) is 17.5 Å². The van der Waals surface area contributed by atoms with Crippen molar-refractivity contribution in [3.8, 4) is 0 Å². The van der Waals surface area contributed by atoms with Crippen LogP contribution in [0.25, 0.3) is 0 Å². The van der Waals surface area contributed by atoms with E-state index in [0.29, 0.717) is 37.9 Å². The average Bonchev–Trinajstić information content (AvgIpc) is 3.13. The molecule has 0 aromatic rings. The van der Waals surface area contributed by atoms with Gasteiger partial charge >= 0.3 is 5.97 Å². The summed E-state index contributed by atoms with van der Waals surface area (Å²) in [4.78, 5) is 35.4. The molecule has 0 spiro atoms. The lowest BCUT2D eigenvalue weighted by Gasteiger charge is -2.18. The molecule has 2 rings (SSSR count). The number of carbonyl (C=O) groups is 3. The van der Waals surface area contributed by atoms with E-state index >= 15 is 0 Å². The molecule has 0 aliphatic heterocycles. The number of allylic oxidation sites excluding steroid dienone is 2. The highest BCUT2D eigenvalue weighted by atomic mass is 16.5. The smallest absolute Gasteiger partial charge is 0.314 e. The fraction of sp³-hybridized carbons (Fsp3) is 0.643. The van der Waals surface area contributed by atoms with Gasteiger partial charge < -0.3 is 4.74 Å². The standard InChI is InChI=1S/C14H18O4/c1-2-4-10(15)13-11(16)5-3-6-12(13)18-14(17)9-7-8-9/h9H,2-8H2,1H3. The highest BCUT2D eigenvalue weighted by Gasteiger charge is 2.34. The number of hydrogen-bond donors (Lipinski definition) is 0. The summed E-state index contributed by atoms with van der Waals surface area (Å²) >= 11 is 0. The molecule has 2 aliphatic carbocycles. The summed E-state index contributed by atoms with van der Waals surface area (Å²) in [6, 6.07) is 0. The van der Waals surface area contributed by atoms with Gasteiger partial charge in [-0.1, -0.05) is 6.92 Å². The normalized spacial score (nSPS) is 19.9. The van der Waals surface area contributed by atoms with Crippen molar-refractivity contribution < 1.29 is 19.1 Å². The summed E-state index contributed by atoms with van der Waals surface area (Å²) in [7, 11) is 0. The van der Waals surface area contributed by atoms with Gasteiger partial charge in [-0.15, -0.1) is 0 Å². The van der Waals surface area contributed by atoms with E-state index in [0.717, 1.165) is 12.8 Å². The fourth-order valence-electron chi connectivity index (χ4n) is 2.10. The van der Waals surface area contributed by atoms with Crippen LogP contribution >= 0.6 is 0 Å². The van der Waals surface area contributed by atoms with Crippen LogP contribution in [0.4, 0.5) is 0 Å². The Hall–Kier alpha value is -1.45. The predicted octanol–water partition coefficient (Wildman–Crippen LogP) is 2.32. The minimum Gasteiger partial charge on any atom is -0.430 e. The van der Waals surface area contributed by atoms with Crippen molar-refractivity contribution in [1.82, 2.24) is 0 Å². The number of carbonyl (C=O) groups excluding carboxylic acids is 3. The molecule has 0 radical (unpaired) electrons. The summed E-state index contributed by atoms with van der Waals surface area (Å²) in [5.74, 6) is -0.320. The first kappa shape index (κ1) is 13.0. The molecule has 0 aromatic heterocycles. The lowest BCUT2D eigenvalue weighted by atomic mass is 9.91. The molecular formula is C14H18O4. The molecular weight excluding hydrogens is 232 g/mol. The second kappa shape index (κ2) is 5.46. The summed E-state index contributed by atoms with van der Waals surface area (Å²) < 4.78 is 5.26. The zero-order valence-electron chi connectivity index (χ0n) is 10.7. The van der Waals surface area contributed by atoms with Gasteiger partial charge in [-0.25, -0.2) is 0 Å².